The molecule has 0 spiro atoms. The third-order valence-corrected chi connectivity index (χ3v) is 5.68. The summed E-state index contributed by atoms with van der Waals surface area (Å²) in [6, 6.07) is 7.01. The molecule has 1 atom stereocenters. The SMILES string of the molecule is CC(C)N(CC1CCCN(C(=O)Nc2cccc(N3CCOC3=O)c2)C1)C(=O)OC(C)(C)C. The van der Waals surface area contributed by atoms with Gasteiger partial charge in [-0.15, -0.1) is 0 Å². The van der Waals surface area contributed by atoms with E-state index in [0.717, 1.165) is 12.8 Å². The molecule has 1 aromatic rings. The van der Waals surface area contributed by atoms with Crippen molar-refractivity contribution < 1.29 is 23.9 Å². The van der Waals surface area contributed by atoms with E-state index < -0.39 is 5.60 Å². The zero-order valence-corrected chi connectivity index (χ0v) is 20.3. The van der Waals surface area contributed by atoms with Crippen molar-refractivity contribution in [1.82, 2.24) is 9.80 Å². The summed E-state index contributed by atoms with van der Waals surface area (Å²) in [5.41, 5.74) is 0.761. The number of rotatable bonds is 5. The van der Waals surface area contributed by atoms with E-state index in [1.165, 1.54) is 0 Å². The molecule has 2 heterocycles. The van der Waals surface area contributed by atoms with Gasteiger partial charge in [0.2, 0.25) is 0 Å². The molecule has 2 saturated heterocycles. The first-order valence-corrected chi connectivity index (χ1v) is 11.6. The number of piperidine rings is 1. The number of nitrogens with zero attached hydrogens (tertiary/aromatic N) is 3. The molecule has 1 N–H and O–H groups in total. The van der Waals surface area contributed by atoms with Crippen LogP contribution in [0.2, 0.25) is 0 Å². The monoisotopic (exact) mass is 460 g/mol. The van der Waals surface area contributed by atoms with E-state index in [9.17, 15) is 14.4 Å². The van der Waals surface area contributed by atoms with Gasteiger partial charge < -0.3 is 24.6 Å². The Balaban J connectivity index is 1.60. The Bertz CT molecular complexity index is 867. The summed E-state index contributed by atoms with van der Waals surface area (Å²) in [5, 5.41) is 2.94. The van der Waals surface area contributed by atoms with Gasteiger partial charge >= 0.3 is 18.2 Å². The van der Waals surface area contributed by atoms with Gasteiger partial charge in [-0.25, -0.2) is 14.4 Å². The minimum atomic E-state index is -0.553. The molecule has 1 aromatic carbocycles. The number of likely N-dealkylation sites (tertiary alicyclic amines) is 1. The molecule has 0 radical (unpaired) electrons. The number of ether oxygens (including phenoxy) is 2. The first-order chi connectivity index (χ1) is 15.5. The molecule has 33 heavy (non-hydrogen) atoms. The number of benzene rings is 1. The van der Waals surface area contributed by atoms with E-state index in [0.29, 0.717) is 44.2 Å². The number of anilines is 2. The molecular formula is C24H36N4O5. The molecule has 0 aliphatic carbocycles. The average Bonchev–Trinajstić information content (AvgIpc) is 3.17. The van der Waals surface area contributed by atoms with E-state index in [1.807, 2.05) is 40.7 Å². The largest absolute Gasteiger partial charge is 0.447 e. The van der Waals surface area contributed by atoms with Crippen LogP contribution in [0.25, 0.3) is 0 Å². The minimum Gasteiger partial charge on any atom is -0.447 e. The Hall–Kier alpha value is -2.97. The maximum Gasteiger partial charge on any atom is 0.414 e. The van der Waals surface area contributed by atoms with E-state index in [-0.39, 0.29) is 30.2 Å². The summed E-state index contributed by atoms with van der Waals surface area (Å²) >= 11 is 0. The lowest BCUT2D eigenvalue weighted by molar-refractivity contribution is 0.0132. The number of carbonyl (C=O) groups excluding carboxylic acids is 3. The highest BCUT2D eigenvalue weighted by atomic mass is 16.6. The predicted molar refractivity (Wildman–Crippen MR) is 127 cm³/mol. The van der Waals surface area contributed by atoms with Crippen LogP contribution in [-0.2, 0) is 9.47 Å². The third kappa shape index (κ3) is 6.76. The van der Waals surface area contributed by atoms with Crippen LogP contribution in [0.1, 0.15) is 47.5 Å². The van der Waals surface area contributed by atoms with Crippen molar-refractivity contribution in [3.8, 4) is 0 Å². The second kappa shape index (κ2) is 10.3. The van der Waals surface area contributed by atoms with Crippen molar-refractivity contribution in [2.45, 2.75) is 59.1 Å². The van der Waals surface area contributed by atoms with Gasteiger partial charge in [0.25, 0.3) is 0 Å². The Morgan fingerprint density at radius 2 is 2.03 bits per heavy atom. The molecule has 182 valence electrons. The molecule has 0 aromatic heterocycles. The zero-order chi connectivity index (χ0) is 24.2. The molecule has 3 rings (SSSR count). The lowest BCUT2D eigenvalue weighted by Crippen LogP contribution is -2.48. The zero-order valence-electron chi connectivity index (χ0n) is 20.3. The number of amides is 4. The predicted octanol–water partition coefficient (Wildman–Crippen LogP) is 4.53. The number of urea groups is 1. The van der Waals surface area contributed by atoms with Gasteiger partial charge in [-0.1, -0.05) is 6.07 Å². The first-order valence-electron chi connectivity index (χ1n) is 11.6. The topological polar surface area (TPSA) is 91.4 Å². The van der Waals surface area contributed by atoms with Crippen LogP contribution in [-0.4, -0.2) is 72.4 Å². The molecule has 0 saturated carbocycles. The highest BCUT2D eigenvalue weighted by Crippen LogP contribution is 2.24. The summed E-state index contributed by atoms with van der Waals surface area (Å²) in [7, 11) is 0. The van der Waals surface area contributed by atoms with Gasteiger partial charge in [0.15, 0.2) is 0 Å². The fraction of sp³-hybridized carbons (Fsp3) is 0.625. The number of hydrogen-bond donors (Lipinski definition) is 1. The summed E-state index contributed by atoms with van der Waals surface area (Å²) in [6.07, 6.45) is 1.12. The smallest absolute Gasteiger partial charge is 0.414 e. The van der Waals surface area contributed by atoms with Crippen molar-refractivity contribution in [3.05, 3.63) is 24.3 Å². The van der Waals surface area contributed by atoms with Crippen LogP contribution in [0.4, 0.5) is 25.8 Å². The minimum absolute atomic E-state index is 0.00377. The quantitative estimate of drug-likeness (QED) is 0.697. The van der Waals surface area contributed by atoms with Gasteiger partial charge in [0, 0.05) is 37.1 Å². The highest BCUT2D eigenvalue weighted by molar-refractivity contribution is 5.93. The molecule has 0 bridgehead atoms. The van der Waals surface area contributed by atoms with Crippen LogP contribution in [0.15, 0.2) is 24.3 Å². The lowest BCUT2D eigenvalue weighted by Gasteiger charge is -2.37. The van der Waals surface area contributed by atoms with Crippen molar-refractivity contribution >= 4 is 29.6 Å². The van der Waals surface area contributed by atoms with Crippen molar-refractivity contribution in [2.75, 3.05) is 43.0 Å². The summed E-state index contributed by atoms with van der Waals surface area (Å²) in [4.78, 5) is 42.5. The number of nitrogens with one attached hydrogen (secondary N) is 1. The fourth-order valence-corrected chi connectivity index (χ4v) is 4.08. The average molecular weight is 461 g/mol. The number of carbonyl (C=O) groups is 3. The molecule has 9 nitrogen and oxygen atoms in total. The first kappa shape index (κ1) is 24.7. The molecule has 2 fully saturated rings. The lowest BCUT2D eigenvalue weighted by atomic mass is 9.97. The molecule has 4 amide bonds. The van der Waals surface area contributed by atoms with E-state index in [2.05, 4.69) is 5.32 Å². The molecule has 1 unspecified atom stereocenters. The number of cyclic esters (lactones) is 1. The normalized spacial score (nSPS) is 18.8. The van der Waals surface area contributed by atoms with Gasteiger partial charge in [0.1, 0.15) is 12.2 Å². The molecule has 9 heteroatoms. The van der Waals surface area contributed by atoms with Crippen molar-refractivity contribution in [1.29, 1.82) is 0 Å². The molecule has 2 aliphatic rings. The van der Waals surface area contributed by atoms with Crippen LogP contribution in [0.5, 0.6) is 0 Å². The van der Waals surface area contributed by atoms with Crippen molar-refractivity contribution in [2.24, 2.45) is 5.92 Å². The van der Waals surface area contributed by atoms with Crippen LogP contribution < -0.4 is 10.2 Å². The maximum absolute atomic E-state index is 13.0. The fourth-order valence-electron chi connectivity index (χ4n) is 4.08. The Labute approximate surface area is 196 Å². The van der Waals surface area contributed by atoms with Gasteiger partial charge in [-0.3, -0.25) is 4.90 Å². The Morgan fingerprint density at radius 3 is 2.67 bits per heavy atom. The Morgan fingerprint density at radius 1 is 1.27 bits per heavy atom. The van der Waals surface area contributed by atoms with E-state index in [4.69, 9.17) is 9.47 Å². The van der Waals surface area contributed by atoms with Crippen molar-refractivity contribution in [3.63, 3.8) is 0 Å². The molecule has 2 aliphatic heterocycles. The van der Waals surface area contributed by atoms with E-state index in [1.54, 1.807) is 32.9 Å². The highest BCUT2D eigenvalue weighted by Gasteiger charge is 2.30. The summed E-state index contributed by atoms with van der Waals surface area (Å²) < 4.78 is 10.6. The van der Waals surface area contributed by atoms with E-state index >= 15 is 0 Å². The van der Waals surface area contributed by atoms with Crippen LogP contribution >= 0.6 is 0 Å². The van der Waals surface area contributed by atoms with Gasteiger partial charge in [-0.2, -0.15) is 0 Å². The molecular weight excluding hydrogens is 424 g/mol. The number of hydrogen-bond acceptors (Lipinski definition) is 5. The third-order valence-electron chi connectivity index (χ3n) is 5.68. The second-order valence-corrected chi connectivity index (χ2v) is 9.93. The Kier molecular flexibility index (Phi) is 7.71. The second-order valence-electron chi connectivity index (χ2n) is 9.93. The van der Waals surface area contributed by atoms with Gasteiger partial charge in [0.05, 0.1) is 6.54 Å². The van der Waals surface area contributed by atoms with Crippen LogP contribution in [0.3, 0.4) is 0 Å². The maximum atomic E-state index is 13.0. The van der Waals surface area contributed by atoms with Crippen LogP contribution in [0, 0.1) is 5.92 Å². The standard InChI is InChI=1S/C24H36N4O5/c1-17(2)28(23(31)33-24(3,4)5)16-18-8-7-11-26(15-18)21(29)25-19-9-6-10-20(14-19)27-12-13-32-22(27)30/h6,9-10,14,17-18H,7-8,11-13,15-16H2,1-5H3,(H,25,29). The summed E-state index contributed by atoms with van der Waals surface area (Å²) in [5.74, 6) is 0.171. The summed E-state index contributed by atoms with van der Waals surface area (Å²) in [6.45, 7) is 12.1. The van der Waals surface area contributed by atoms with Gasteiger partial charge in [-0.05, 0) is 71.6 Å².